The van der Waals surface area contributed by atoms with Gasteiger partial charge in [0.05, 0.1) is 27.7 Å². The molecule has 0 saturated carbocycles. The Bertz CT molecular complexity index is 835. The summed E-state index contributed by atoms with van der Waals surface area (Å²) >= 11 is 0. The molecule has 0 aromatic rings. The van der Waals surface area contributed by atoms with Crippen LogP contribution in [0.15, 0.2) is 0 Å². The van der Waals surface area contributed by atoms with Crippen LogP contribution in [0.1, 0.15) is 194 Å². The minimum absolute atomic E-state index is 0.0364. The smallest absolute Gasteiger partial charge is 0.462 e. The predicted octanol–water partition coefficient (Wildman–Crippen LogP) is 11.2. The maximum atomic E-state index is 12.6. The van der Waals surface area contributed by atoms with Crippen LogP contribution in [0.3, 0.4) is 0 Å². The van der Waals surface area contributed by atoms with E-state index in [1.165, 1.54) is 128 Å². The van der Waals surface area contributed by atoms with Crippen molar-refractivity contribution in [2.24, 2.45) is 0 Å². The first kappa shape index (κ1) is 49.0. The van der Waals surface area contributed by atoms with E-state index in [1.807, 2.05) is 21.1 Å². The molecule has 0 aliphatic rings. The van der Waals surface area contributed by atoms with Gasteiger partial charge in [0.25, 0.3) is 0 Å². The zero-order valence-corrected chi connectivity index (χ0v) is 34.3. The van der Waals surface area contributed by atoms with Gasteiger partial charge in [-0.3, -0.25) is 18.6 Å². The summed E-state index contributed by atoms with van der Waals surface area (Å²) in [5.74, 6) is -0.792. The molecule has 298 valence electrons. The minimum Gasteiger partial charge on any atom is -0.462 e. The number of likely N-dealkylation sites (N-methyl/N-ethyl adjacent to an activating group) is 1. The summed E-state index contributed by atoms with van der Waals surface area (Å²) < 4.78 is 34.2. The minimum atomic E-state index is -4.36. The Balaban J connectivity index is 4.26. The Kier molecular flexibility index (Phi) is 33.2. The van der Waals surface area contributed by atoms with Gasteiger partial charge in [0.15, 0.2) is 6.10 Å². The normalized spacial score (nSPS) is 13.6. The molecule has 1 N–H and O–H groups in total. The fourth-order valence-electron chi connectivity index (χ4n) is 5.84. The summed E-state index contributed by atoms with van der Waals surface area (Å²) in [6.45, 7) is 4.41. The molecule has 0 aliphatic carbocycles. The molecule has 0 aliphatic heterocycles. The van der Waals surface area contributed by atoms with Crippen LogP contribution in [0.2, 0.25) is 0 Å². The van der Waals surface area contributed by atoms with Gasteiger partial charge in [-0.05, 0) is 12.8 Å². The summed E-state index contributed by atoms with van der Waals surface area (Å²) in [6.07, 6.45) is 31.6. The van der Waals surface area contributed by atoms with Crippen molar-refractivity contribution in [3.8, 4) is 0 Å². The van der Waals surface area contributed by atoms with Gasteiger partial charge in [-0.25, -0.2) is 4.57 Å². The van der Waals surface area contributed by atoms with E-state index in [2.05, 4.69) is 13.8 Å². The molecule has 0 radical (unpaired) electrons. The number of esters is 2. The molecule has 0 aromatic carbocycles. The quantitative estimate of drug-likeness (QED) is 0.0289. The summed E-state index contributed by atoms with van der Waals surface area (Å²) in [4.78, 5) is 35.1. The van der Waals surface area contributed by atoms with Crippen molar-refractivity contribution in [1.82, 2.24) is 0 Å². The monoisotopic (exact) mass is 735 g/mol. The van der Waals surface area contributed by atoms with Gasteiger partial charge >= 0.3 is 19.8 Å². The second kappa shape index (κ2) is 33.8. The van der Waals surface area contributed by atoms with Crippen molar-refractivity contribution >= 4 is 19.8 Å². The average molecular weight is 735 g/mol. The average Bonchev–Trinajstić information content (AvgIpc) is 3.06. The number of ether oxygens (including phenoxy) is 2. The summed E-state index contributed by atoms with van der Waals surface area (Å²) in [5, 5.41) is 0. The lowest BCUT2D eigenvalue weighted by molar-refractivity contribution is -0.870. The first-order valence-corrected chi connectivity index (χ1v) is 22.3. The molecule has 0 rings (SSSR count). The molecule has 50 heavy (non-hydrogen) atoms. The highest BCUT2D eigenvalue weighted by Crippen LogP contribution is 2.43. The van der Waals surface area contributed by atoms with Gasteiger partial charge in [0.2, 0.25) is 0 Å². The van der Waals surface area contributed by atoms with Crippen LogP contribution in [0.5, 0.6) is 0 Å². The lowest BCUT2D eigenvalue weighted by Crippen LogP contribution is -2.37. The van der Waals surface area contributed by atoms with Gasteiger partial charge in [0, 0.05) is 12.8 Å². The van der Waals surface area contributed by atoms with Gasteiger partial charge in [0.1, 0.15) is 19.8 Å². The summed E-state index contributed by atoms with van der Waals surface area (Å²) in [7, 11) is 1.49. The van der Waals surface area contributed by atoms with E-state index < -0.39 is 26.5 Å². The largest absolute Gasteiger partial charge is 0.472 e. The molecule has 0 spiro atoms. The summed E-state index contributed by atoms with van der Waals surface area (Å²) in [5.41, 5.74) is 0. The first-order valence-electron chi connectivity index (χ1n) is 20.8. The molecule has 1 unspecified atom stereocenters. The van der Waals surface area contributed by atoms with E-state index in [1.54, 1.807) is 0 Å². The number of phosphoric acid groups is 1. The number of carbonyl (C=O) groups excluding carboxylic acids is 2. The topological polar surface area (TPSA) is 108 Å². The van der Waals surface area contributed by atoms with Crippen LogP contribution < -0.4 is 0 Å². The molecule has 0 fully saturated rings. The van der Waals surface area contributed by atoms with Crippen molar-refractivity contribution in [2.75, 3.05) is 47.5 Å². The molecular formula is C40H81NO8P+. The fraction of sp³-hybridized carbons (Fsp3) is 0.950. The molecule has 0 aromatic heterocycles. The summed E-state index contributed by atoms with van der Waals surface area (Å²) in [6, 6.07) is 0. The highest BCUT2D eigenvalue weighted by Gasteiger charge is 2.27. The number of hydrogen-bond donors (Lipinski definition) is 1. The SMILES string of the molecule is CCCCCCCCCCCCCCCCCCCCC(=O)O[C@H](COC(=O)CCCCCCCCCC)COP(=O)(O)OCC[N+](C)(C)C. The van der Waals surface area contributed by atoms with Crippen LogP contribution in [-0.4, -0.2) is 74.9 Å². The van der Waals surface area contributed by atoms with E-state index in [0.717, 1.165) is 38.5 Å². The number of rotatable bonds is 38. The highest BCUT2D eigenvalue weighted by atomic mass is 31.2. The van der Waals surface area contributed by atoms with Crippen LogP contribution in [0, 0.1) is 0 Å². The molecule has 9 nitrogen and oxygen atoms in total. The lowest BCUT2D eigenvalue weighted by atomic mass is 10.0. The Morgan fingerprint density at radius 1 is 0.540 bits per heavy atom. The van der Waals surface area contributed by atoms with Crippen LogP contribution >= 0.6 is 7.82 Å². The third-order valence-electron chi connectivity index (χ3n) is 9.14. The zero-order valence-electron chi connectivity index (χ0n) is 33.4. The van der Waals surface area contributed by atoms with Crippen LogP contribution in [-0.2, 0) is 32.7 Å². The molecule has 2 atom stereocenters. The van der Waals surface area contributed by atoms with Crippen molar-refractivity contribution < 1.29 is 42.1 Å². The number of phosphoric ester groups is 1. The maximum Gasteiger partial charge on any atom is 0.472 e. The molecular weight excluding hydrogens is 653 g/mol. The van der Waals surface area contributed by atoms with E-state index in [0.29, 0.717) is 17.4 Å². The standard InChI is InChI=1S/C40H80NO8P/c1-6-8-10-12-14-16-17-18-19-20-21-22-23-24-25-27-29-31-33-40(43)49-38(37-48-50(44,45)47-35-34-41(3,4)5)36-46-39(42)32-30-28-26-15-13-11-9-7-2/h38H,6-37H2,1-5H3/p+1/t38-/m1/s1. The Hall–Kier alpha value is -0.990. The zero-order chi connectivity index (χ0) is 37.2. The number of carbonyl (C=O) groups is 2. The number of hydrogen-bond acceptors (Lipinski definition) is 7. The fourth-order valence-corrected chi connectivity index (χ4v) is 6.58. The first-order chi connectivity index (χ1) is 24.0. The number of nitrogens with zero attached hydrogens (tertiary/aromatic N) is 1. The molecule has 0 amide bonds. The lowest BCUT2D eigenvalue weighted by Gasteiger charge is -2.24. The van der Waals surface area contributed by atoms with E-state index in [-0.39, 0.29) is 25.6 Å². The molecule has 0 heterocycles. The third kappa shape index (κ3) is 36.8. The van der Waals surface area contributed by atoms with Crippen LogP contribution in [0.4, 0.5) is 0 Å². The van der Waals surface area contributed by atoms with Gasteiger partial charge in [-0.15, -0.1) is 0 Å². The van der Waals surface area contributed by atoms with Crippen molar-refractivity contribution in [3.63, 3.8) is 0 Å². The van der Waals surface area contributed by atoms with Crippen molar-refractivity contribution in [2.45, 2.75) is 200 Å². The van der Waals surface area contributed by atoms with Crippen molar-refractivity contribution in [3.05, 3.63) is 0 Å². The Morgan fingerprint density at radius 2 is 0.900 bits per heavy atom. The van der Waals surface area contributed by atoms with E-state index in [9.17, 15) is 19.0 Å². The maximum absolute atomic E-state index is 12.6. The second-order valence-corrected chi connectivity index (χ2v) is 16.8. The Labute approximate surface area is 308 Å². The Morgan fingerprint density at radius 3 is 1.28 bits per heavy atom. The van der Waals surface area contributed by atoms with E-state index >= 15 is 0 Å². The molecule has 10 heteroatoms. The van der Waals surface area contributed by atoms with Crippen LogP contribution in [0.25, 0.3) is 0 Å². The highest BCUT2D eigenvalue weighted by molar-refractivity contribution is 7.47. The van der Waals surface area contributed by atoms with E-state index in [4.69, 9.17) is 18.5 Å². The predicted molar refractivity (Wildman–Crippen MR) is 206 cm³/mol. The van der Waals surface area contributed by atoms with Gasteiger partial charge in [-0.1, -0.05) is 168 Å². The van der Waals surface area contributed by atoms with Gasteiger partial charge < -0.3 is 18.9 Å². The molecule has 0 saturated heterocycles. The van der Waals surface area contributed by atoms with Gasteiger partial charge in [-0.2, -0.15) is 0 Å². The number of quaternary nitrogens is 1. The molecule has 0 bridgehead atoms. The second-order valence-electron chi connectivity index (χ2n) is 15.4. The number of unbranched alkanes of at least 4 members (excludes halogenated alkanes) is 24. The third-order valence-corrected chi connectivity index (χ3v) is 10.1. The van der Waals surface area contributed by atoms with Crippen molar-refractivity contribution in [1.29, 1.82) is 0 Å².